The van der Waals surface area contributed by atoms with Crippen molar-refractivity contribution in [2.45, 2.75) is 103 Å². The normalized spacial score (nSPS) is 18.8. The number of carbonyl (C=O) groups excluding carboxylic acids is 3. The number of piperidine rings is 2. The van der Waals surface area contributed by atoms with Crippen LogP contribution >= 0.6 is 0 Å². The lowest BCUT2D eigenvalue weighted by Crippen LogP contribution is -2.44. The Morgan fingerprint density at radius 3 is 2.40 bits per heavy atom. The molecule has 220 valence electrons. The van der Waals surface area contributed by atoms with Crippen LogP contribution in [0.15, 0.2) is 23.0 Å². The van der Waals surface area contributed by atoms with E-state index in [0.717, 1.165) is 74.6 Å². The van der Waals surface area contributed by atoms with Gasteiger partial charge in [0.1, 0.15) is 11.6 Å². The Bertz CT molecular complexity index is 1270. The molecule has 4 rings (SSSR count). The first-order chi connectivity index (χ1) is 19.0. The number of aryl methyl sites for hydroxylation is 2. The number of carbonyl (C=O) groups is 3. The van der Waals surface area contributed by atoms with Gasteiger partial charge in [0.05, 0.1) is 17.1 Å². The average Bonchev–Trinajstić information content (AvgIpc) is 3.15. The third-order valence-electron chi connectivity index (χ3n) is 7.75. The van der Waals surface area contributed by atoms with Gasteiger partial charge in [-0.25, -0.2) is 9.59 Å². The predicted octanol–water partition coefficient (Wildman–Crippen LogP) is 4.23. The number of aromatic nitrogens is 2. The number of fused-ring (bicyclic) bond motifs is 1. The number of imide groups is 1. The molecule has 1 aromatic carbocycles. The van der Waals surface area contributed by atoms with Crippen LogP contribution in [0.4, 0.5) is 4.79 Å². The summed E-state index contributed by atoms with van der Waals surface area (Å²) in [6, 6.07) is 5.21. The molecule has 3 heterocycles. The maximum absolute atomic E-state index is 13.1. The van der Waals surface area contributed by atoms with Crippen molar-refractivity contribution in [2.75, 3.05) is 19.7 Å². The monoisotopic (exact) mass is 556 g/mol. The molecule has 2 aliphatic rings. The van der Waals surface area contributed by atoms with Gasteiger partial charge in [-0.1, -0.05) is 31.4 Å². The minimum Gasteiger partial charge on any atom is -0.444 e. The van der Waals surface area contributed by atoms with Crippen LogP contribution in [-0.4, -0.2) is 63.3 Å². The Morgan fingerprint density at radius 1 is 1.00 bits per heavy atom. The van der Waals surface area contributed by atoms with Gasteiger partial charge < -0.3 is 14.4 Å². The molecule has 2 fully saturated rings. The molecular formula is C30H44N4O6. The van der Waals surface area contributed by atoms with E-state index in [0.29, 0.717) is 19.5 Å². The fourth-order valence-corrected chi connectivity index (χ4v) is 5.68. The van der Waals surface area contributed by atoms with Crippen LogP contribution in [0.1, 0.15) is 90.2 Å². The largest absolute Gasteiger partial charge is 0.444 e. The molecular weight excluding hydrogens is 512 g/mol. The fourth-order valence-electron chi connectivity index (χ4n) is 5.68. The summed E-state index contributed by atoms with van der Waals surface area (Å²) in [5.41, 5.74) is 2.01. The van der Waals surface area contributed by atoms with Gasteiger partial charge in [0.2, 0.25) is 11.8 Å². The number of nitrogens with zero attached hydrogens (tertiary/aromatic N) is 3. The first kappa shape index (κ1) is 29.8. The maximum atomic E-state index is 13.1. The van der Waals surface area contributed by atoms with Crippen LogP contribution in [0.3, 0.4) is 0 Å². The highest BCUT2D eigenvalue weighted by molar-refractivity contribution is 6.00. The van der Waals surface area contributed by atoms with Gasteiger partial charge in [0, 0.05) is 33.2 Å². The van der Waals surface area contributed by atoms with Gasteiger partial charge in [-0.2, -0.15) is 0 Å². The first-order valence-electron chi connectivity index (χ1n) is 14.7. The number of hydrogen-bond donors (Lipinski definition) is 1. The molecule has 10 heteroatoms. The highest BCUT2D eigenvalue weighted by Gasteiger charge is 2.31. The molecule has 1 atom stereocenters. The van der Waals surface area contributed by atoms with Gasteiger partial charge in [-0.3, -0.25) is 24.0 Å². The molecule has 0 radical (unpaired) electrons. The highest BCUT2D eigenvalue weighted by Crippen LogP contribution is 2.26. The first-order valence-corrected chi connectivity index (χ1v) is 14.7. The lowest BCUT2D eigenvalue weighted by Gasteiger charge is -2.33. The minimum atomic E-state index is -0.663. The van der Waals surface area contributed by atoms with E-state index in [1.54, 1.807) is 21.1 Å². The van der Waals surface area contributed by atoms with Crippen LogP contribution in [0.2, 0.25) is 0 Å². The summed E-state index contributed by atoms with van der Waals surface area (Å²) in [7, 11) is 1.75. The fraction of sp³-hybridized carbons (Fsp3) is 0.667. The number of unbranched alkanes of at least 4 members (excludes halogenated alkanes) is 4. The van der Waals surface area contributed by atoms with Crippen LogP contribution in [-0.2, 0) is 32.5 Å². The van der Waals surface area contributed by atoms with Gasteiger partial charge in [0.15, 0.2) is 0 Å². The maximum Gasteiger partial charge on any atom is 0.410 e. The number of likely N-dealkylation sites (tertiary alicyclic amines) is 1. The second-order valence-corrected chi connectivity index (χ2v) is 12.0. The Kier molecular flexibility index (Phi) is 9.71. The molecule has 1 unspecified atom stereocenters. The molecule has 0 saturated carbocycles. The molecule has 0 aliphatic carbocycles. The van der Waals surface area contributed by atoms with Gasteiger partial charge in [-0.15, -0.1) is 0 Å². The van der Waals surface area contributed by atoms with E-state index in [1.165, 1.54) is 0 Å². The van der Waals surface area contributed by atoms with Gasteiger partial charge in [-0.05, 0) is 70.9 Å². The van der Waals surface area contributed by atoms with E-state index in [-0.39, 0.29) is 30.2 Å². The third-order valence-corrected chi connectivity index (χ3v) is 7.75. The van der Waals surface area contributed by atoms with Crippen LogP contribution in [0, 0.1) is 0 Å². The zero-order valence-corrected chi connectivity index (χ0v) is 24.4. The number of ether oxygens (including phenoxy) is 2. The summed E-state index contributed by atoms with van der Waals surface area (Å²) in [6.07, 6.45) is 8.43. The SMILES string of the molecule is Cn1c(=O)n(C2CCC(=O)NC2=O)c2cccc(CCCCCCCOC3CCN(C(=O)OC(C)(C)C)CC3)c21. The summed E-state index contributed by atoms with van der Waals surface area (Å²) in [5.74, 6) is -0.700. The van der Waals surface area contributed by atoms with Crippen molar-refractivity contribution in [1.29, 1.82) is 0 Å². The van der Waals surface area contributed by atoms with E-state index in [9.17, 15) is 19.2 Å². The molecule has 10 nitrogen and oxygen atoms in total. The second kappa shape index (κ2) is 13.0. The van der Waals surface area contributed by atoms with Crippen molar-refractivity contribution >= 4 is 28.9 Å². The van der Waals surface area contributed by atoms with E-state index in [4.69, 9.17) is 9.47 Å². The minimum absolute atomic E-state index is 0.207. The van der Waals surface area contributed by atoms with E-state index in [1.807, 2.05) is 32.9 Å². The van der Waals surface area contributed by atoms with Crippen molar-refractivity contribution in [1.82, 2.24) is 19.4 Å². The number of amides is 3. The Hall–Kier alpha value is -3.14. The summed E-state index contributed by atoms with van der Waals surface area (Å²) in [5, 5.41) is 2.36. The summed E-state index contributed by atoms with van der Waals surface area (Å²) in [4.78, 5) is 51.1. The number of hydrogen-bond acceptors (Lipinski definition) is 6. The summed E-state index contributed by atoms with van der Waals surface area (Å²) in [6.45, 7) is 7.74. The number of imidazole rings is 1. The number of para-hydroxylation sites is 1. The van der Waals surface area contributed by atoms with Crippen molar-refractivity contribution in [3.05, 3.63) is 34.2 Å². The molecule has 2 aliphatic heterocycles. The summed E-state index contributed by atoms with van der Waals surface area (Å²) < 4.78 is 14.7. The van der Waals surface area contributed by atoms with Crippen molar-refractivity contribution < 1.29 is 23.9 Å². The number of rotatable bonds is 10. The zero-order valence-electron chi connectivity index (χ0n) is 24.4. The molecule has 0 spiro atoms. The van der Waals surface area contributed by atoms with E-state index < -0.39 is 17.6 Å². The Labute approximate surface area is 236 Å². The molecule has 0 bridgehead atoms. The van der Waals surface area contributed by atoms with E-state index in [2.05, 4.69) is 11.4 Å². The number of benzene rings is 1. The van der Waals surface area contributed by atoms with Crippen molar-refractivity contribution in [3.8, 4) is 0 Å². The standard InChI is InChI=1S/C30H44N4O6/c1-30(2,3)40-29(38)33-18-16-22(17-19-33)39-20-9-7-5-6-8-11-21-12-10-13-23-26(21)32(4)28(37)34(23)24-14-15-25(35)31-27(24)36/h10,12-13,22,24H,5-9,11,14-20H2,1-4H3,(H,31,35,36). The highest BCUT2D eigenvalue weighted by atomic mass is 16.6. The lowest BCUT2D eigenvalue weighted by atomic mass is 10.0. The van der Waals surface area contributed by atoms with Gasteiger partial charge >= 0.3 is 11.8 Å². The number of nitrogens with one attached hydrogen (secondary N) is 1. The predicted molar refractivity (Wildman–Crippen MR) is 152 cm³/mol. The second-order valence-electron chi connectivity index (χ2n) is 12.0. The lowest BCUT2D eigenvalue weighted by molar-refractivity contribution is -0.135. The third kappa shape index (κ3) is 7.33. The average molecular weight is 557 g/mol. The zero-order chi connectivity index (χ0) is 28.9. The van der Waals surface area contributed by atoms with Crippen LogP contribution in [0.5, 0.6) is 0 Å². The Balaban J connectivity index is 1.17. The molecule has 1 aromatic heterocycles. The molecule has 2 saturated heterocycles. The smallest absolute Gasteiger partial charge is 0.410 e. The summed E-state index contributed by atoms with van der Waals surface area (Å²) >= 11 is 0. The molecule has 1 N–H and O–H groups in total. The quantitative estimate of drug-likeness (QED) is 0.346. The molecule has 40 heavy (non-hydrogen) atoms. The van der Waals surface area contributed by atoms with Crippen molar-refractivity contribution in [3.63, 3.8) is 0 Å². The van der Waals surface area contributed by atoms with Crippen LogP contribution < -0.4 is 11.0 Å². The Morgan fingerprint density at radius 2 is 1.70 bits per heavy atom. The molecule has 3 amide bonds. The van der Waals surface area contributed by atoms with E-state index >= 15 is 0 Å². The van der Waals surface area contributed by atoms with Crippen molar-refractivity contribution in [2.24, 2.45) is 7.05 Å². The van der Waals surface area contributed by atoms with Crippen LogP contribution in [0.25, 0.3) is 11.0 Å². The molecule has 2 aromatic rings. The topological polar surface area (TPSA) is 112 Å². The van der Waals surface area contributed by atoms with Gasteiger partial charge in [0.25, 0.3) is 0 Å².